The summed E-state index contributed by atoms with van der Waals surface area (Å²) in [5.74, 6) is 1.08. The fourth-order valence-corrected chi connectivity index (χ4v) is 3.03. The van der Waals surface area contributed by atoms with Gasteiger partial charge in [0.25, 0.3) is 5.91 Å². The van der Waals surface area contributed by atoms with E-state index >= 15 is 0 Å². The van der Waals surface area contributed by atoms with Crippen LogP contribution in [-0.2, 0) is 0 Å². The van der Waals surface area contributed by atoms with Crippen LogP contribution in [0, 0.1) is 12.8 Å². The number of rotatable bonds is 4. The molecule has 1 saturated carbocycles. The second-order valence-electron chi connectivity index (χ2n) is 6.40. The van der Waals surface area contributed by atoms with E-state index in [0.29, 0.717) is 11.3 Å². The van der Waals surface area contributed by atoms with Crippen LogP contribution in [0.25, 0.3) is 0 Å². The normalized spacial score (nSPS) is 19.3. The topological polar surface area (TPSA) is 53.0 Å². The van der Waals surface area contributed by atoms with Crippen LogP contribution in [0.4, 0.5) is 0 Å². The van der Waals surface area contributed by atoms with E-state index in [1.807, 2.05) is 11.8 Å². The summed E-state index contributed by atoms with van der Waals surface area (Å²) < 4.78 is 5.14. The van der Waals surface area contributed by atoms with Crippen molar-refractivity contribution in [3.63, 3.8) is 0 Å². The van der Waals surface area contributed by atoms with Gasteiger partial charge in [0.05, 0.1) is 12.7 Å². The number of piperazine rings is 1. The van der Waals surface area contributed by atoms with Crippen LogP contribution in [0.5, 0.6) is 11.5 Å². The van der Waals surface area contributed by atoms with Gasteiger partial charge in [-0.25, -0.2) is 0 Å². The van der Waals surface area contributed by atoms with Gasteiger partial charge in [0, 0.05) is 32.7 Å². The molecule has 0 aromatic heterocycles. The van der Waals surface area contributed by atoms with Crippen LogP contribution in [0.15, 0.2) is 12.1 Å². The minimum Gasteiger partial charge on any atom is -0.504 e. The maximum atomic E-state index is 12.7. The van der Waals surface area contributed by atoms with Crippen molar-refractivity contribution in [3.05, 3.63) is 23.3 Å². The van der Waals surface area contributed by atoms with E-state index < -0.39 is 0 Å². The summed E-state index contributed by atoms with van der Waals surface area (Å²) in [7, 11) is 1.50. The molecule has 2 fully saturated rings. The highest BCUT2D eigenvalue weighted by molar-refractivity contribution is 5.98. The fourth-order valence-electron chi connectivity index (χ4n) is 3.03. The van der Waals surface area contributed by atoms with Crippen LogP contribution in [0.3, 0.4) is 0 Å². The summed E-state index contributed by atoms with van der Waals surface area (Å²) in [6, 6.07) is 3.47. The Morgan fingerprint density at radius 1 is 1.27 bits per heavy atom. The Bertz CT molecular complexity index is 561. The van der Waals surface area contributed by atoms with E-state index in [1.54, 1.807) is 12.1 Å². The van der Waals surface area contributed by atoms with Crippen molar-refractivity contribution >= 4 is 5.91 Å². The number of benzene rings is 1. The molecule has 1 aromatic rings. The number of nitrogens with zero attached hydrogens (tertiary/aromatic N) is 2. The molecule has 1 aliphatic heterocycles. The zero-order chi connectivity index (χ0) is 15.7. The predicted octanol–water partition coefficient (Wildman–Crippen LogP) is 1.88. The molecule has 1 saturated heterocycles. The molecule has 1 heterocycles. The molecule has 1 amide bonds. The molecule has 1 aromatic carbocycles. The Kier molecular flexibility index (Phi) is 4.25. The van der Waals surface area contributed by atoms with Crippen LogP contribution >= 0.6 is 0 Å². The molecule has 0 atom stereocenters. The lowest BCUT2D eigenvalue weighted by Crippen LogP contribution is -2.49. The number of hydrogen-bond acceptors (Lipinski definition) is 4. The van der Waals surface area contributed by atoms with E-state index in [4.69, 9.17) is 4.74 Å². The van der Waals surface area contributed by atoms with Crippen molar-refractivity contribution in [2.75, 3.05) is 39.8 Å². The van der Waals surface area contributed by atoms with Gasteiger partial charge in [-0.15, -0.1) is 0 Å². The van der Waals surface area contributed by atoms with Gasteiger partial charge in [-0.2, -0.15) is 0 Å². The van der Waals surface area contributed by atoms with Gasteiger partial charge < -0.3 is 14.7 Å². The molecule has 120 valence electrons. The molecule has 0 spiro atoms. The van der Waals surface area contributed by atoms with E-state index in [9.17, 15) is 9.90 Å². The SMILES string of the molecule is COc1cc(C)cc(C(=O)N2CCN(CC3CC3)CC2)c1O. The molecule has 5 heteroatoms. The number of phenolic OH excluding ortho intramolecular Hbond substituents is 1. The van der Waals surface area contributed by atoms with Gasteiger partial charge in [0.1, 0.15) is 0 Å². The van der Waals surface area contributed by atoms with Gasteiger partial charge in [-0.3, -0.25) is 9.69 Å². The lowest BCUT2D eigenvalue weighted by molar-refractivity contribution is 0.0628. The van der Waals surface area contributed by atoms with Crippen molar-refractivity contribution in [1.29, 1.82) is 0 Å². The van der Waals surface area contributed by atoms with Crippen LogP contribution < -0.4 is 4.74 Å². The van der Waals surface area contributed by atoms with E-state index in [1.165, 1.54) is 26.5 Å². The van der Waals surface area contributed by atoms with Gasteiger partial charge in [-0.1, -0.05) is 0 Å². The number of carbonyl (C=O) groups is 1. The van der Waals surface area contributed by atoms with E-state index in [2.05, 4.69) is 4.90 Å². The van der Waals surface area contributed by atoms with Crippen LogP contribution in [0.1, 0.15) is 28.8 Å². The number of aromatic hydroxyl groups is 1. The quantitative estimate of drug-likeness (QED) is 0.923. The molecule has 2 aliphatic rings. The molecular formula is C17H24N2O3. The Morgan fingerprint density at radius 2 is 1.95 bits per heavy atom. The first kappa shape index (κ1) is 15.2. The first-order valence-corrected chi connectivity index (χ1v) is 7.97. The Balaban J connectivity index is 1.68. The maximum absolute atomic E-state index is 12.7. The molecular weight excluding hydrogens is 280 g/mol. The van der Waals surface area contributed by atoms with Gasteiger partial charge in [0.15, 0.2) is 11.5 Å². The third-order valence-corrected chi connectivity index (χ3v) is 4.54. The summed E-state index contributed by atoms with van der Waals surface area (Å²) in [5.41, 5.74) is 1.25. The Labute approximate surface area is 131 Å². The first-order valence-electron chi connectivity index (χ1n) is 7.97. The average molecular weight is 304 g/mol. The van der Waals surface area contributed by atoms with E-state index in [-0.39, 0.29) is 11.7 Å². The number of aryl methyl sites for hydroxylation is 1. The van der Waals surface area contributed by atoms with Gasteiger partial charge >= 0.3 is 0 Å². The molecule has 0 radical (unpaired) electrons. The van der Waals surface area contributed by atoms with Crippen LogP contribution in [0.2, 0.25) is 0 Å². The van der Waals surface area contributed by atoms with Gasteiger partial charge in [-0.05, 0) is 43.4 Å². The zero-order valence-corrected chi connectivity index (χ0v) is 13.3. The number of carbonyl (C=O) groups excluding carboxylic acids is 1. The van der Waals surface area contributed by atoms with Crippen molar-refractivity contribution < 1.29 is 14.6 Å². The summed E-state index contributed by atoms with van der Waals surface area (Å²) in [5, 5.41) is 10.2. The number of ether oxygens (including phenoxy) is 1. The first-order chi connectivity index (χ1) is 10.6. The predicted molar refractivity (Wildman–Crippen MR) is 84.5 cm³/mol. The van der Waals surface area contributed by atoms with Crippen molar-refractivity contribution in [3.8, 4) is 11.5 Å². The lowest BCUT2D eigenvalue weighted by atomic mass is 10.1. The largest absolute Gasteiger partial charge is 0.504 e. The molecule has 0 bridgehead atoms. The fraction of sp³-hybridized carbons (Fsp3) is 0.588. The molecule has 5 nitrogen and oxygen atoms in total. The molecule has 0 unspecified atom stereocenters. The summed E-state index contributed by atoms with van der Waals surface area (Å²) in [4.78, 5) is 16.9. The number of hydrogen-bond donors (Lipinski definition) is 1. The number of methoxy groups -OCH3 is 1. The maximum Gasteiger partial charge on any atom is 0.257 e. The highest BCUT2D eigenvalue weighted by atomic mass is 16.5. The summed E-state index contributed by atoms with van der Waals surface area (Å²) in [6.07, 6.45) is 2.71. The highest BCUT2D eigenvalue weighted by Crippen LogP contribution is 2.33. The second-order valence-corrected chi connectivity index (χ2v) is 6.40. The average Bonchev–Trinajstić information content (AvgIpc) is 3.33. The van der Waals surface area contributed by atoms with Crippen molar-refractivity contribution in [1.82, 2.24) is 9.80 Å². The lowest BCUT2D eigenvalue weighted by Gasteiger charge is -2.35. The third kappa shape index (κ3) is 3.19. The zero-order valence-electron chi connectivity index (χ0n) is 13.3. The number of phenols is 1. The van der Waals surface area contributed by atoms with Crippen molar-refractivity contribution in [2.24, 2.45) is 5.92 Å². The molecule has 22 heavy (non-hydrogen) atoms. The van der Waals surface area contributed by atoms with Crippen molar-refractivity contribution in [2.45, 2.75) is 19.8 Å². The summed E-state index contributed by atoms with van der Waals surface area (Å²) in [6.45, 7) is 6.36. The Morgan fingerprint density at radius 3 is 2.55 bits per heavy atom. The highest BCUT2D eigenvalue weighted by Gasteiger charge is 2.29. The smallest absolute Gasteiger partial charge is 0.257 e. The molecule has 1 N–H and O–H groups in total. The van der Waals surface area contributed by atoms with E-state index in [0.717, 1.165) is 37.7 Å². The monoisotopic (exact) mass is 304 g/mol. The van der Waals surface area contributed by atoms with Crippen LogP contribution in [-0.4, -0.2) is 60.6 Å². The minimum absolute atomic E-state index is 0.0569. The minimum atomic E-state index is -0.106. The molecule has 1 aliphatic carbocycles. The third-order valence-electron chi connectivity index (χ3n) is 4.54. The number of amides is 1. The second kappa shape index (κ2) is 6.16. The van der Waals surface area contributed by atoms with Gasteiger partial charge in [0.2, 0.25) is 0 Å². The molecule has 3 rings (SSSR count). The Hall–Kier alpha value is -1.75. The summed E-state index contributed by atoms with van der Waals surface area (Å²) >= 11 is 0. The standard InChI is InChI=1S/C17H24N2O3/c1-12-9-14(16(20)15(10-12)22-2)17(21)19-7-5-18(6-8-19)11-13-3-4-13/h9-10,13,20H,3-8,11H2,1-2H3.